The molecule has 0 radical (unpaired) electrons. The Labute approximate surface area is 137 Å². The molecule has 2 saturated carbocycles. The summed E-state index contributed by atoms with van der Waals surface area (Å²) in [6.45, 7) is 6.25. The average molecular weight is 322 g/mol. The van der Waals surface area contributed by atoms with Gasteiger partial charge in [-0.25, -0.2) is 0 Å². The molecule has 3 aliphatic rings. The Bertz CT molecular complexity index is 526. The molecule has 1 aliphatic heterocycles. The quantitative estimate of drug-likeness (QED) is 0.444. The number of carbonyl (C=O) groups is 2. The van der Waals surface area contributed by atoms with Gasteiger partial charge >= 0.3 is 5.97 Å². The molecule has 0 aromatic carbocycles. The highest BCUT2D eigenvalue weighted by Gasteiger charge is 2.66. The van der Waals surface area contributed by atoms with Crippen LogP contribution in [0.25, 0.3) is 0 Å². The zero-order valence-corrected chi connectivity index (χ0v) is 14.6. The largest absolute Gasteiger partial charge is 0.461 e. The molecule has 0 spiro atoms. The van der Waals surface area contributed by atoms with E-state index in [4.69, 9.17) is 4.74 Å². The van der Waals surface area contributed by atoms with Crippen LogP contribution in [0.3, 0.4) is 0 Å². The maximum atomic E-state index is 13.1. The number of ketones is 1. The van der Waals surface area contributed by atoms with Crippen LogP contribution in [0.4, 0.5) is 0 Å². The number of thioether (sulfide) groups is 1. The van der Waals surface area contributed by atoms with Gasteiger partial charge in [0.2, 0.25) is 0 Å². The Morgan fingerprint density at radius 1 is 1.27 bits per heavy atom. The molecule has 0 aromatic rings. The number of Topliss-reactive ketones (excluding diaryl/α,β-unsaturated/α-hetero) is 1. The van der Waals surface area contributed by atoms with Crippen molar-refractivity contribution in [1.29, 1.82) is 0 Å². The molecular weight excluding hydrogens is 296 g/mol. The monoisotopic (exact) mass is 322 g/mol. The summed E-state index contributed by atoms with van der Waals surface area (Å²) in [5.74, 6) is 1.30. The lowest BCUT2D eigenvalue weighted by Crippen LogP contribution is -2.54. The normalized spacial score (nSPS) is 42.4. The Balaban J connectivity index is 1.88. The summed E-state index contributed by atoms with van der Waals surface area (Å²) in [4.78, 5) is 25.4. The van der Waals surface area contributed by atoms with Crippen molar-refractivity contribution in [1.82, 2.24) is 0 Å². The van der Waals surface area contributed by atoms with Gasteiger partial charge in [0.1, 0.15) is 6.10 Å². The Hall–Kier alpha value is -0.770. The van der Waals surface area contributed by atoms with Gasteiger partial charge in [-0.3, -0.25) is 9.59 Å². The van der Waals surface area contributed by atoms with E-state index in [0.717, 1.165) is 30.6 Å². The Morgan fingerprint density at radius 3 is 2.73 bits per heavy atom. The van der Waals surface area contributed by atoms with E-state index in [1.807, 2.05) is 12.3 Å². The topological polar surface area (TPSA) is 43.4 Å². The molecule has 0 unspecified atom stereocenters. The van der Waals surface area contributed by atoms with Gasteiger partial charge in [0, 0.05) is 23.3 Å². The standard InChI is InChI=1S/C18H26O3S/c1-4-5-9-22-11-12-10-13-14-17(2,15(12)19)7-6-8-18(14,3)16(20)21-13/h11,13-14H,4-10H2,1-3H3/b12-11+/t13-,14+,17-,18-/m0/s1. The highest BCUT2D eigenvalue weighted by atomic mass is 32.2. The van der Waals surface area contributed by atoms with Gasteiger partial charge in [0.05, 0.1) is 5.41 Å². The van der Waals surface area contributed by atoms with Crippen LogP contribution in [-0.2, 0) is 14.3 Å². The zero-order valence-electron chi connectivity index (χ0n) is 13.8. The van der Waals surface area contributed by atoms with E-state index < -0.39 is 10.8 Å². The fraction of sp³-hybridized carbons (Fsp3) is 0.778. The number of hydrogen-bond donors (Lipinski definition) is 0. The van der Waals surface area contributed by atoms with E-state index in [9.17, 15) is 9.59 Å². The second-order valence-electron chi connectivity index (χ2n) is 7.51. The SMILES string of the molecule is CCCCS/C=C1\C[C@@H]2OC(=O)[C@@]3(C)CCC[C@](C)(C1=O)[C@@H]23. The van der Waals surface area contributed by atoms with Crippen LogP contribution in [0.2, 0.25) is 0 Å². The minimum Gasteiger partial charge on any atom is -0.461 e. The molecule has 0 aromatic heterocycles. The van der Waals surface area contributed by atoms with Crippen molar-refractivity contribution >= 4 is 23.5 Å². The maximum absolute atomic E-state index is 13.1. The minimum absolute atomic E-state index is 0.0616. The number of carbonyl (C=O) groups excluding carboxylic acids is 2. The highest BCUT2D eigenvalue weighted by molar-refractivity contribution is 8.02. The molecule has 0 N–H and O–H groups in total. The Morgan fingerprint density at radius 2 is 2.00 bits per heavy atom. The molecule has 0 amide bonds. The van der Waals surface area contributed by atoms with E-state index in [1.165, 1.54) is 12.8 Å². The number of unbranched alkanes of at least 4 members (excludes halogenated alkanes) is 1. The van der Waals surface area contributed by atoms with Gasteiger partial charge < -0.3 is 4.74 Å². The summed E-state index contributed by atoms with van der Waals surface area (Å²) in [5, 5.41) is 2.04. The van der Waals surface area contributed by atoms with Crippen LogP contribution in [0.15, 0.2) is 11.0 Å². The lowest BCUT2D eigenvalue weighted by Gasteiger charge is -2.49. The molecule has 4 atom stereocenters. The second kappa shape index (κ2) is 5.70. The summed E-state index contributed by atoms with van der Waals surface area (Å²) in [6, 6.07) is 0. The van der Waals surface area contributed by atoms with E-state index >= 15 is 0 Å². The first-order chi connectivity index (χ1) is 10.4. The molecule has 3 rings (SSSR count). The first-order valence-corrected chi connectivity index (χ1v) is 9.55. The van der Waals surface area contributed by atoms with E-state index in [0.29, 0.717) is 6.42 Å². The van der Waals surface area contributed by atoms with Gasteiger partial charge in [-0.1, -0.05) is 26.7 Å². The second-order valence-corrected chi connectivity index (χ2v) is 8.49. The van der Waals surface area contributed by atoms with Gasteiger partial charge in [0.25, 0.3) is 0 Å². The molecule has 2 aliphatic carbocycles. The Kier molecular flexibility index (Phi) is 4.17. The number of hydrogen-bond acceptors (Lipinski definition) is 4. The summed E-state index contributed by atoms with van der Waals surface area (Å²) in [5.41, 5.74) is 0.0109. The zero-order chi connectivity index (χ0) is 16.0. The first kappa shape index (κ1) is 16.1. The van der Waals surface area contributed by atoms with Crippen molar-refractivity contribution in [2.75, 3.05) is 5.75 Å². The smallest absolute Gasteiger partial charge is 0.312 e. The molecule has 22 heavy (non-hydrogen) atoms. The maximum Gasteiger partial charge on any atom is 0.312 e. The van der Waals surface area contributed by atoms with Crippen molar-refractivity contribution in [3.8, 4) is 0 Å². The van der Waals surface area contributed by atoms with E-state index in [-0.39, 0.29) is 23.8 Å². The molecule has 0 bridgehead atoms. The summed E-state index contributed by atoms with van der Waals surface area (Å²) >= 11 is 1.73. The van der Waals surface area contributed by atoms with Crippen LogP contribution in [0.1, 0.15) is 59.3 Å². The van der Waals surface area contributed by atoms with Crippen molar-refractivity contribution < 1.29 is 14.3 Å². The summed E-state index contributed by atoms with van der Waals surface area (Å²) < 4.78 is 5.71. The molecule has 3 fully saturated rings. The van der Waals surface area contributed by atoms with Crippen molar-refractivity contribution in [3.63, 3.8) is 0 Å². The predicted molar refractivity (Wildman–Crippen MR) is 88.5 cm³/mol. The van der Waals surface area contributed by atoms with Crippen molar-refractivity contribution in [2.24, 2.45) is 16.7 Å². The summed E-state index contributed by atoms with van der Waals surface area (Å²) in [6.07, 6.45) is 5.53. The van der Waals surface area contributed by atoms with Crippen molar-refractivity contribution in [2.45, 2.75) is 65.4 Å². The van der Waals surface area contributed by atoms with Gasteiger partial charge in [-0.2, -0.15) is 0 Å². The fourth-order valence-electron chi connectivity index (χ4n) is 4.81. The van der Waals surface area contributed by atoms with Crippen LogP contribution in [0.5, 0.6) is 0 Å². The molecule has 122 valence electrons. The predicted octanol–water partition coefficient (Wildman–Crippen LogP) is 4.11. The van der Waals surface area contributed by atoms with Gasteiger partial charge in [-0.15, -0.1) is 11.8 Å². The minimum atomic E-state index is -0.450. The van der Waals surface area contributed by atoms with Crippen LogP contribution in [0, 0.1) is 16.7 Å². The molecule has 1 saturated heterocycles. The molecule has 1 heterocycles. The van der Waals surface area contributed by atoms with E-state index in [2.05, 4.69) is 13.8 Å². The average Bonchev–Trinajstić information content (AvgIpc) is 2.73. The first-order valence-electron chi connectivity index (χ1n) is 8.50. The third-order valence-corrected chi connectivity index (χ3v) is 6.91. The lowest BCUT2D eigenvalue weighted by molar-refractivity contribution is -0.148. The lowest BCUT2D eigenvalue weighted by atomic mass is 9.50. The molecule has 4 heteroatoms. The third kappa shape index (κ3) is 2.26. The van der Waals surface area contributed by atoms with Crippen molar-refractivity contribution in [3.05, 3.63) is 11.0 Å². The van der Waals surface area contributed by atoms with Crippen LogP contribution >= 0.6 is 11.8 Å². The van der Waals surface area contributed by atoms with Gasteiger partial charge in [0.15, 0.2) is 5.78 Å². The van der Waals surface area contributed by atoms with Gasteiger partial charge in [-0.05, 0) is 37.3 Å². The molecule has 3 nitrogen and oxygen atoms in total. The van der Waals surface area contributed by atoms with Crippen LogP contribution in [-0.4, -0.2) is 23.6 Å². The van der Waals surface area contributed by atoms with Crippen LogP contribution < -0.4 is 0 Å². The fourth-order valence-corrected chi connectivity index (χ4v) is 5.78. The molecular formula is C18H26O3S. The highest BCUT2D eigenvalue weighted by Crippen LogP contribution is 2.61. The summed E-state index contributed by atoms with van der Waals surface area (Å²) in [7, 11) is 0. The van der Waals surface area contributed by atoms with E-state index in [1.54, 1.807) is 11.8 Å². The number of ether oxygens (including phenoxy) is 1. The number of rotatable bonds is 4. The third-order valence-electron chi connectivity index (χ3n) is 5.93. The number of esters is 1.